The van der Waals surface area contributed by atoms with Crippen LogP contribution in [0, 0.1) is 0 Å². The Morgan fingerprint density at radius 3 is 2.83 bits per heavy atom. The summed E-state index contributed by atoms with van der Waals surface area (Å²) in [4.78, 5) is 30.9. The van der Waals surface area contributed by atoms with E-state index in [2.05, 4.69) is 22.2 Å². The van der Waals surface area contributed by atoms with Crippen molar-refractivity contribution in [1.82, 2.24) is 9.97 Å². The lowest BCUT2D eigenvalue weighted by atomic mass is 10.1. The van der Waals surface area contributed by atoms with Gasteiger partial charge in [0.05, 0.1) is 11.4 Å². The highest BCUT2D eigenvalue weighted by molar-refractivity contribution is 7.99. The summed E-state index contributed by atoms with van der Waals surface area (Å²) < 4.78 is 0. The van der Waals surface area contributed by atoms with Crippen molar-refractivity contribution in [2.45, 2.75) is 31.2 Å². The Kier molecular flexibility index (Phi) is 7.39. The predicted molar refractivity (Wildman–Crippen MR) is 102 cm³/mol. The largest absolute Gasteiger partial charge is 0.325 e. The van der Waals surface area contributed by atoms with Gasteiger partial charge in [-0.2, -0.15) is 11.8 Å². The zero-order valence-corrected chi connectivity index (χ0v) is 15.4. The highest BCUT2D eigenvalue weighted by Crippen LogP contribution is 2.18. The molecule has 2 rings (SSSR count). The zero-order chi connectivity index (χ0) is 17.4. The minimum absolute atomic E-state index is 0.114. The van der Waals surface area contributed by atoms with Gasteiger partial charge in [-0.3, -0.25) is 9.59 Å². The van der Waals surface area contributed by atoms with Crippen LogP contribution in [0.1, 0.15) is 25.1 Å². The van der Waals surface area contributed by atoms with Crippen molar-refractivity contribution in [1.29, 1.82) is 0 Å². The minimum Gasteiger partial charge on any atom is -0.325 e. The number of hydrogen-bond acceptors (Lipinski definition) is 5. The number of nitrogens with one attached hydrogen (secondary N) is 2. The predicted octanol–water partition coefficient (Wildman–Crippen LogP) is 3.32. The van der Waals surface area contributed by atoms with Crippen molar-refractivity contribution in [2.24, 2.45) is 0 Å². The number of anilines is 1. The number of aromatic amines is 1. The lowest BCUT2D eigenvalue weighted by Gasteiger charge is -2.09. The maximum absolute atomic E-state index is 12.1. The quantitative estimate of drug-likeness (QED) is 0.556. The van der Waals surface area contributed by atoms with Crippen LogP contribution in [0.5, 0.6) is 0 Å². The van der Waals surface area contributed by atoms with E-state index in [1.54, 1.807) is 11.8 Å². The van der Waals surface area contributed by atoms with Crippen LogP contribution < -0.4 is 10.9 Å². The second-order valence-corrected chi connectivity index (χ2v) is 7.26. The van der Waals surface area contributed by atoms with Crippen LogP contribution in [0.25, 0.3) is 0 Å². The molecule has 0 atom stereocenters. The van der Waals surface area contributed by atoms with Crippen LogP contribution in [0.15, 0.2) is 40.3 Å². The van der Waals surface area contributed by atoms with Crippen LogP contribution in [-0.2, 0) is 17.0 Å². The Morgan fingerprint density at radius 2 is 2.08 bits per heavy atom. The lowest BCUT2D eigenvalue weighted by Crippen LogP contribution is -2.16. The molecule has 0 saturated carbocycles. The van der Waals surface area contributed by atoms with Gasteiger partial charge < -0.3 is 10.3 Å². The van der Waals surface area contributed by atoms with Gasteiger partial charge in [-0.05, 0) is 23.8 Å². The Bertz CT molecular complexity index is 747. The number of aromatic nitrogens is 2. The van der Waals surface area contributed by atoms with Gasteiger partial charge in [0.1, 0.15) is 0 Å². The molecule has 5 nitrogen and oxygen atoms in total. The van der Waals surface area contributed by atoms with Crippen molar-refractivity contribution in [2.75, 3.05) is 16.8 Å². The fraction of sp³-hybridized carbons (Fsp3) is 0.353. The van der Waals surface area contributed by atoms with Crippen LogP contribution in [0.3, 0.4) is 0 Å². The fourth-order valence-corrected chi connectivity index (χ4v) is 3.36. The summed E-state index contributed by atoms with van der Waals surface area (Å²) in [5.41, 5.74) is 2.49. The van der Waals surface area contributed by atoms with E-state index in [1.165, 1.54) is 17.8 Å². The van der Waals surface area contributed by atoms with Gasteiger partial charge in [0.2, 0.25) is 5.91 Å². The first-order valence-corrected chi connectivity index (χ1v) is 9.95. The van der Waals surface area contributed by atoms with Crippen molar-refractivity contribution in [3.8, 4) is 0 Å². The number of hydrogen-bond donors (Lipinski definition) is 2. The van der Waals surface area contributed by atoms with Crippen molar-refractivity contribution in [3.63, 3.8) is 0 Å². The molecule has 0 spiro atoms. The maximum Gasteiger partial charge on any atom is 0.251 e. The van der Waals surface area contributed by atoms with E-state index in [9.17, 15) is 9.59 Å². The third-order valence-electron chi connectivity index (χ3n) is 3.24. The molecule has 7 heteroatoms. The number of carbonyl (C=O) groups is 1. The van der Waals surface area contributed by atoms with Gasteiger partial charge in [0.25, 0.3) is 5.56 Å². The standard InChI is InChI=1S/C17H21N3O2S2/c1-3-12-7-5-6-8-14(12)19-16(22)11-24-17-18-13(10-23-4-2)9-15(21)20-17/h5-9H,3-4,10-11H2,1-2H3,(H,19,22)(H,18,20,21). The summed E-state index contributed by atoms with van der Waals surface area (Å²) in [6.45, 7) is 4.11. The van der Waals surface area contributed by atoms with Crippen LogP contribution >= 0.6 is 23.5 Å². The monoisotopic (exact) mass is 363 g/mol. The molecule has 1 amide bonds. The van der Waals surface area contributed by atoms with E-state index in [4.69, 9.17) is 0 Å². The number of nitrogens with zero attached hydrogens (tertiary/aromatic N) is 1. The molecule has 0 saturated heterocycles. The van der Waals surface area contributed by atoms with E-state index in [-0.39, 0.29) is 17.2 Å². The van der Waals surface area contributed by atoms with Crippen LogP contribution in [0.2, 0.25) is 0 Å². The van der Waals surface area contributed by atoms with Gasteiger partial charge in [-0.1, -0.05) is 43.8 Å². The molecule has 0 aliphatic carbocycles. The van der Waals surface area contributed by atoms with Crippen LogP contribution in [0.4, 0.5) is 5.69 Å². The summed E-state index contributed by atoms with van der Waals surface area (Å²) in [5.74, 6) is 1.75. The third kappa shape index (κ3) is 5.72. The Labute approximate surface area is 150 Å². The second-order valence-electron chi connectivity index (χ2n) is 5.03. The number of carbonyl (C=O) groups excluding carboxylic acids is 1. The molecule has 0 unspecified atom stereocenters. The SMILES string of the molecule is CCSCc1cc(=O)[nH]c(SCC(=O)Nc2ccccc2CC)n1. The van der Waals surface area contributed by atoms with E-state index in [0.717, 1.165) is 29.1 Å². The molecule has 1 aromatic heterocycles. The Morgan fingerprint density at radius 1 is 1.29 bits per heavy atom. The number of H-pyrrole nitrogens is 1. The molecular weight excluding hydrogens is 342 g/mol. The summed E-state index contributed by atoms with van der Waals surface area (Å²) in [6, 6.07) is 9.25. The second kappa shape index (κ2) is 9.54. The van der Waals surface area contributed by atoms with Gasteiger partial charge >= 0.3 is 0 Å². The van der Waals surface area contributed by atoms with Crippen molar-refractivity contribution < 1.29 is 4.79 Å². The molecule has 1 heterocycles. The Balaban J connectivity index is 1.96. The zero-order valence-electron chi connectivity index (χ0n) is 13.8. The lowest BCUT2D eigenvalue weighted by molar-refractivity contribution is -0.113. The molecule has 1 aromatic carbocycles. The number of rotatable bonds is 8. The third-order valence-corrected chi connectivity index (χ3v) is 5.02. The first-order chi connectivity index (χ1) is 11.6. The fourth-order valence-electron chi connectivity index (χ4n) is 2.10. The normalized spacial score (nSPS) is 10.6. The topological polar surface area (TPSA) is 74.8 Å². The van der Waals surface area contributed by atoms with Gasteiger partial charge in [0.15, 0.2) is 5.16 Å². The van der Waals surface area contributed by atoms with Gasteiger partial charge in [-0.25, -0.2) is 4.98 Å². The molecule has 0 aliphatic heterocycles. The Hall–Kier alpha value is -1.73. The highest BCUT2D eigenvalue weighted by Gasteiger charge is 2.08. The number of thioether (sulfide) groups is 2. The van der Waals surface area contributed by atoms with Crippen molar-refractivity contribution in [3.05, 3.63) is 51.9 Å². The van der Waals surface area contributed by atoms with Crippen LogP contribution in [-0.4, -0.2) is 27.4 Å². The number of aryl methyl sites for hydroxylation is 1. The maximum atomic E-state index is 12.1. The molecular formula is C17H21N3O2S2. The minimum atomic E-state index is -0.184. The number of amides is 1. The average Bonchev–Trinajstić information content (AvgIpc) is 2.58. The smallest absolute Gasteiger partial charge is 0.251 e. The molecule has 2 N–H and O–H groups in total. The first kappa shape index (κ1) is 18.6. The van der Waals surface area contributed by atoms with E-state index in [1.807, 2.05) is 31.2 Å². The highest BCUT2D eigenvalue weighted by atomic mass is 32.2. The van der Waals surface area contributed by atoms with Gasteiger partial charge in [-0.15, -0.1) is 0 Å². The summed E-state index contributed by atoms with van der Waals surface area (Å²) in [6.07, 6.45) is 0.857. The molecule has 24 heavy (non-hydrogen) atoms. The summed E-state index contributed by atoms with van der Waals surface area (Å²) >= 11 is 2.94. The molecule has 2 aromatic rings. The first-order valence-electron chi connectivity index (χ1n) is 7.81. The molecule has 128 valence electrons. The molecule has 0 fully saturated rings. The number of benzene rings is 1. The molecule has 0 radical (unpaired) electrons. The van der Waals surface area contributed by atoms with E-state index >= 15 is 0 Å². The van der Waals surface area contributed by atoms with Gasteiger partial charge in [0, 0.05) is 17.5 Å². The molecule has 0 aliphatic rings. The molecule has 0 bridgehead atoms. The summed E-state index contributed by atoms with van der Waals surface area (Å²) in [7, 11) is 0. The van der Waals surface area contributed by atoms with Crippen molar-refractivity contribution >= 4 is 35.1 Å². The summed E-state index contributed by atoms with van der Waals surface area (Å²) in [5, 5.41) is 3.39. The van der Waals surface area contributed by atoms with E-state index in [0.29, 0.717) is 10.9 Å². The average molecular weight is 364 g/mol. The van der Waals surface area contributed by atoms with E-state index < -0.39 is 0 Å². The number of para-hydroxylation sites is 1.